The zero-order valence-electron chi connectivity index (χ0n) is 12.5. The van der Waals surface area contributed by atoms with Crippen molar-refractivity contribution in [3.8, 4) is 11.5 Å². The Hall–Kier alpha value is -1.61. The van der Waals surface area contributed by atoms with Crippen molar-refractivity contribution in [2.75, 3.05) is 14.2 Å². The third kappa shape index (κ3) is 4.44. The molecule has 120 valence electrons. The molecule has 0 radical (unpaired) electrons. The van der Waals surface area contributed by atoms with Crippen LogP contribution in [0.5, 0.6) is 11.5 Å². The molecule has 0 heterocycles. The Kier molecular flexibility index (Phi) is 6.40. The molecule has 0 aliphatic rings. The van der Waals surface area contributed by atoms with E-state index in [1.54, 1.807) is 32.4 Å². The average molecular weight is 489 g/mol. The number of benzene rings is 2. The lowest BCUT2D eigenvalue weighted by Gasteiger charge is -2.09. The summed E-state index contributed by atoms with van der Waals surface area (Å²) in [6.45, 7) is 0. The number of hydrogen-bond donors (Lipinski definition) is 1. The Labute approximate surface area is 156 Å². The molecule has 0 aliphatic heterocycles. The topological polar surface area (TPSA) is 59.9 Å². The molecular weight excluding hydrogens is 475 g/mol. The number of methoxy groups -OCH3 is 2. The standard InChI is InChI=1S/C16H14BrIN2O3/c1-22-14-8-15(23-2)12(17)7-10(14)9-19-20-16(21)11-5-3-4-6-13(11)18/h3-9H,1-2H3,(H,20,21). The van der Waals surface area contributed by atoms with Crippen molar-refractivity contribution in [1.29, 1.82) is 0 Å². The lowest BCUT2D eigenvalue weighted by molar-refractivity contribution is 0.0954. The summed E-state index contributed by atoms with van der Waals surface area (Å²) in [6.07, 6.45) is 1.52. The lowest BCUT2D eigenvalue weighted by atomic mass is 10.2. The summed E-state index contributed by atoms with van der Waals surface area (Å²) in [4.78, 5) is 12.1. The van der Waals surface area contributed by atoms with E-state index in [9.17, 15) is 4.79 Å². The minimum atomic E-state index is -0.266. The minimum absolute atomic E-state index is 0.266. The molecule has 0 unspecified atom stereocenters. The first-order chi connectivity index (χ1) is 11.1. The van der Waals surface area contributed by atoms with Crippen LogP contribution in [0.3, 0.4) is 0 Å². The first-order valence-electron chi connectivity index (χ1n) is 6.56. The molecule has 0 saturated carbocycles. The number of halogens is 2. The van der Waals surface area contributed by atoms with E-state index < -0.39 is 0 Å². The average Bonchev–Trinajstić information content (AvgIpc) is 2.55. The monoisotopic (exact) mass is 488 g/mol. The molecule has 0 bridgehead atoms. The van der Waals surface area contributed by atoms with Gasteiger partial charge in [0, 0.05) is 15.2 Å². The summed E-state index contributed by atoms with van der Waals surface area (Å²) in [5.74, 6) is 0.983. The second-order valence-corrected chi connectivity index (χ2v) is 6.42. The van der Waals surface area contributed by atoms with Crippen LogP contribution in [0.15, 0.2) is 46.0 Å². The maximum Gasteiger partial charge on any atom is 0.272 e. The molecule has 0 spiro atoms. The van der Waals surface area contributed by atoms with Crippen molar-refractivity contribution in [2.45, 2.75) is 0 Å². The van der Waals surface area contributed by atoms with Gasteiger partial charge in [0.15, 0.2) is 0 Å². The van der Waals surface area contributed by atoms with Crippen LogP contribution in [0.2, 0.25) is 0 Å². The Morgan fingerprint density at radius 3 is 2.57 bits per heavy atom. The van der Waals surface area contributed by atoms with Gasteiger partial charge in [-0.1, -0.05) is 12.1 Å². The Balaban J connectivity index is 2.16. The zero-order chi connectivity index (χ0) is 16.8. The van der Waals surface area contributed by atoms with Crippen molar-refractivity contribution in [3.05, 3.63) is 55.6 Å². The van der Waals surface area contributed by atoms with E-state index in [0.717, 1.165) is 8.04 Å². The third-order valence-electron chi connectivity index (χ3n) is 2.99. The van der Waals surface area contributed by atoms with Crippen LogP contribution in [0.25, 0.3) is 0 Å². The summed E-state index contributed by atoms with van der Waals surface area (Å²) in [5.41, 5.74) is 3.80. The van der Waals surface area contributed by atoms with Crippen molar-refractivity contribution in [1.82, 2.24) is 5.43 Å². The summed E-state index contributed by atoms with van der Waals surface area (Å²) < 4.78 is 12.1. The van der Waals surface area contributed by atoms with Gasteiger partial charge in [-0.2, -0.15) is 5.10 Å². The van der Waals surface area contributed by atoms with Gasteiger partial charge < -0.3 is 9.47 Å². The molecule has 2 aromatic carbocycles. The first-order valence-corrected chi connectivity index (χ1v) is 8.43. The van der Waals surface area contributed by atoms with E-state index in [1.165, 1.54) is 6.21 Å². The molecule has 2 aromatic rings. The first kappa shape index (κ1) is 17.7. The van der Waals surface area contributed by atoms with Gasteiger partial charge in [-0.3, -0.25) is 4.79 Å². The number of hydrogen-bond acceptors (Lipinski definition) is 4. The van der Waals surface area contributed by atoms with Gasteiger partial charge >= 0.3 is 0 Å². The SMILES string of the molecule is COc1cc(OC)c(C=NNC(=O)c2ccccc2I)cc1Br. The van der Waals surface area contributed by atoms with Crippen molar-refractivity contribution >= 4 is 50.6 Å². The molecule has 0 saturated heterocycles. The summed E-state index contributed by atoms with van der Waals surface area (Å²) >= 11 is 5.52. The Morgan fingerprint density at radius 2 is 1.91 bits per heavy atom. The molecule has 0 atom stereocenters. The van der Waals surface area contributed by atoms with Crippen LogP contribution in [-0.4, -0.2) is 26.3 Å². The highest BCUT2D eigenvalue weighted by Gasteiger charge is 2.09. The van der Waals surface area contributed by atoms with E-state index in [2.05, 4.69) is 49.0 Å². The van der Waals surface area contributed by atoms with Gasteiger partial charge in [0.25, 0.3) is 5.91 Å². The highest BCUT2D eigenvalue weighted by atomic mass is 127. The van der Waals surface area contributed by atoms with E-state index >= 15 is 0 Å². The maximum atomic E-state index is 12.1. The number of carbonyl (C=O) groups excluding carboxylic acids is 1. The molecular formula is C16H14BrIN2O3. The van der Waals surface area contributed by atoms with E-state index in [4.69, 9.17) is 9.47 Å². The number of ether oxygens (including phenoxy) is 2. The highest BCUT2D eigenvalue weighted by Crippen LogP contribution is 2.31. The molecule has 1 amide bonds. The van der Waals surface area contributed by atoms with Crippen molar-refractivity contribution in [3.63, 3.8) is 0 Å². The highest BCUT2D eigenvalue weighted by molar-refractivity contribution is 14.1. The second-order valence-electron chi connectivity index (χ2n) is 4.41. The van der Waals surface area contributed by atoms with Crippen LogP contribution >= 0.6 is 38.5 Å². The van der Waals surface area contributed by atoms with Gasteiger partial charge in [-0.05, 0) is 56.7 Å². The van der Waals surface area contributed by atoms with Gasteiger partial charge in [0.1, 0.15) is 11.5 Å². The lowest BCUT2D eigenvalue weighted by Crippen LogP contribution is -2.18. The van der Waals surface area contributed by atoms with Gasteiger partial charge in [0.2, 0.25) is 0 Å². The predicted octanol–water partition coefficient (Wildman–Crippen LogP) is 3.83. The van der Waals surface area contributed by atoms with Gasteiger partial charge in [0.05, 0.1) is 30.5 Å². The minimum Gasteiger partial charge on any atom is -0.496 e. The van der Waals surface area contributed by atoms with Crippen molar-refractivity contribution < 1.29 is 14.3 Å². The number of nitrogens with zero attached hydrogens (tertiary/aromatic N) is 1. The largest absolute Gasteiger partial charge is 0.496 e. The number of nitrogens with one attached hydrogen (secondary N) is 1. The fourth-order valence-corrected chi connectivity index (χ4v) is 3.01. The molecule has 1 N–H and O–H groups in total. The predicted molar refractivity (Wildman–Crippen MR) is 101 cm³/mol. The van der Waals surface area contributed by atoms with Crippen LogP contribution in [0, 0.1) is 3.57 Å². The number of hydrazone groups is 1. The van der Waals surface area contributed by atoms with Gasteiger partial charge in [-0.25, -0.2) is 5.43 Å². The summed E-state index contributed by atoms with van der Waals surface area (Å²) in [7, 11) is 3.14. The summed E-state index contributed by atoms with van der Waals surface area (Å²) in [6, 6.07) is 10.8. The zero-order valence-corrected chi connectivity index (χ0v) is 16.2. The van der Waals surface area contributed by atoms with Crippen LogP contribution in [0.4, 0.5) is 0 Å². The molecule has 0 aliphatic carbocycles. The maximum absolute atomic E-state index is 12.1. The third-order valence-corrected chi connectivity index (χ3v) is 4.55. The van der Waals surface area contributed by atoms with Crippen LogP contribution in [-0.2, 0) is 0 Å². The molecule has 0 fully saturated rings. The Morgan fingerprint density at radius 1 is 1.22 bits per heavy atom. The van der Waals surface area contributed by atoms with E-state index in [0.29, 0.717) is 22.6 Å². The number of amides is 1. The Bertz CT molecular complexity index is 750. The van der Waals surface area contributed by atoms with E-state index in [-0.39, 0.29) is 5.91 Å². The molecule has 23 heavy (non-hydrogen) atoms. The van der Waals surface area contributed by atoms with Crippen molar-refractivity contribution in [2.24, 2.45) is 5.10 Å². The second kappa shape index (κ2) is 8.30. The van der Waals surface area contributed by atoms with Crippen LogP contribution in [0.1, 0.15) is 15.9 Å². The molecule has 5 nitrogen and oxygen atoms in total. The van der Waals surface area contributed by atoms with E-state index in [1.807, 2.05) is 18.2 Å². The molecule has 0 aromatic heterocycles. The smallest absolute Gasteiger partial charge is 0.272 e. The fourth-order valence-electron chi connectivity index (χ4n) is 1.85. The fraction of sp³-hybridized carbons (Fsp3) is 0.125. The molecule has 2 rings (SSSR count). The number of carbonyl (C=O) groups is 1. The quantitative estimate of drug-likeness (QED) is 0.395. The van der Waals surface area contributed by atoms with Crippen LogP contribution < -0.4 is 14.9 Å². The molecule has 7 heteroatoms. The summed E-state index contributed by atoms with van der Waals surface area (Å²) in [5, 5.41) is 3.99. The number of rotatable bonds is 5. The normalized spacial score (nSPS) is 10.6. The van der Waals surface area contributed by atoms with Gasteiger partial charge in [-0.15, -0.1) is 0 Å².